The Morgan fingerprint density at radius 3 is 2.68 bits per heavy atom. The van der Waals surface area contributed by atoms with Crippen LogP contribution in [-0.4, -0.2) is 27.9 Å². The Hall–Kier alpha value is -2.12. The Balaban J connectivity index is 2.07. The first-order valence-corrected chi connectivity index (χ1v) is 8.99. The summed E-state index contributed by atoms with van der Waals surface area (Å²) < 4.78 is 14.4. The van der Waals surface area contributed by atoms with Gasteiger partial charge < -0.3 is 19.5 Å². The van der Waals surface area contributed by atoms with Crippen LogP contribution in [0.1, 0.15) is 24.1 Å². The molecule has 0 aliphatic carbocycles. The Kier molecular flexibility index (Phi) is 5.24. The first-order valence-electron chi connectivity index (χ1n) is 8.19. The molecule has 0 unspecified atom stereocenters. The molecule has 0 radical (unpaired) electrons. The van der Waals surface area contributed by atoms with Gasteiger partial charge in [-0.05, 0) is 59.6 Å². The van der Waals surface area contributed by atoms with Gasteiger partial charge in [-0.1, -0.05) is 6.92 Å². The van der Waals surface area contributed by atoms with Crippen molar-refractivity contribution in [2.24, 2.45) is 5.73 Å². The van der Waals surface area contributed by atoms with Crippen molar-refractivity contribution in [2.75, 3.05) is 13.2 Å². The van der Waals surface area contributed by atoms with Crippen molar-refractivity contribution in [1.82, 2.24) is 14.8 Å². The number of nitrogens with zero attached hydrogens (tertiary/aromatic N) is 3. The van der Waals surface area contributed by atoms with Gasteiger partial charge in [-0.25, -0.2) is 0 Å². The molecular formula is C18H21BrN4O2. The standard InChI is InChI=1S/C18H21BrN4O2/c1-4-16-21-22-18(25-16)17-11(2)9-12(3)23(17)13-5-6-15(14(19)10-13)24-8-7-20/h5-6,9-10H,4,7-8,20H2,1-3H3. The normalized spacial score (nSPS) is 11.1. The topological polar surface area (TPSA) is 79.1 Å². The second-order valence-corrected chi connectivity index (χ2v) is 6.61. The molecule has 1 aromatic carbocycles. The van der Waals surface area contributed by atoms with Crippen LogP contribution in [0.2, 0.25) is 0 Å². The number of ether oxygens (including phenoxy) is 1. The van der Waals surface area contributed by atoms with Crippen molar-refractivity contribution < 1.29 is 9.15 Å². The lowest BCUT2D eigenvalue weighted by Gasteiger charge is -2.13. The molecule has 0 saturated heterocycles. The molecule has 6 nitrogen and oxygen atoms in total. The second-order valence-electron chi connectivity index (χ2n) is 5.76. The van der Waals surface area contributed by atoms with Crippen molar-refractivity contribution in [3.05, 3.63) is 45.9 Å². The highest BCUT2D eigenvalue weighted by Gasteiger charge is 2.19. The highest BCUT2D eigenvalue weighted by molar-refractivity contribution is 9.10. The molecule has 0 atom stereocenters. The highest BCUT2D eigenvalue weighted by Crippen LogP contribution is 2.33. The van der Waals surface area contributed by atoms with Gasteiger partial charge in [-0.3, -0.25) is 0 Å². The molecular weight excluding hydrogens is 384 g/mol. The van der Waals surface area contributed by atoms with Crippen LogP contribution in [0.4, 0.5) is 0 Å². The number of rotatable bonds is 6. The summed E-state index contributed by atoms with van der Waals surface area (Å²) >= 11 is 3.57. The molecule has 0 saturated carbocycles. The van der Waals surface area contributed by atoms with E-state index in [0.29, 0.717) is 31.4 Å². The second kappa shape index (κ2) is 7.41. The van der Waals surface area contributed by atoms with E-state index in [-0.39, 0.29) is 0 Å². The van der Waals surface area contributed by atoms with Gasteiger partial charge in [0.1, 0.15) is 18.1 Å². The lowest BCUT2D eigenvalue weighted by molar-refractivity contribution is 0.326. The summed E-state index contributed by atoms with van der Waals surface area (Å²) in [7, 11) is 0. The van der Waals surface area contributed by atoms with Crippen molar-refractivity contribution in [1.29, 1.82) is 0 Å². The number of hydrogen-bond acceptors (Lipinski definition) is 5. The van der Waals surface area contributed by atoms with Crippen LogP contribution in [-0.2, 0) is 6.42 Å². The van der Waals surface area contributed by atoms with Gasteiger partial charge in [0, 0.05) is 24.3 Å². The molecule has 2 heterocycles. The Labute approximate surface area is 155 Å². The number of aromatic nitrogens is 3. The molecule has 0 aliphatic rings. The van der Waals surface area contributed by atoms with E-state index in [9.17, 15) is 0 Å². The zero-order chi connectivity index (χ0) is 18.0. The van der Waals surface area contributed by atoms with Crippen LogP contribution in [0.5, 0.6) is 5.75 Å². The lowest BCUT2D eigenvalue weighted by atomic mass is 10.2. The van der Waals surface area contributed by atoms with E-state index in [1.807, 2.05) is 32.0 Å². The fourth-order valence-electron chi connectivity index (χ4n) is 2.80. The maximum absolute atomic E-state index is 5.79. The highest BCUT2D eigenvalue weighted by atomic mass is 79.9. The van der Waals surface area contributed by atoms with Crippen LogP contribution >= 0.6 is 15.9 Å². The summed E-state index contributed by atoms with van der Waals surface area (Å²) in [5, 5.41) is 8.30. The third-order valence-electron chi connectivity index (χ3n) is 3.90. The molecule has 0 bridgehead atoms. The van der Waals surface area contributed by atoms with Crippen LogP contribution in [0.15, 0.2) is 33.2 Å². The van der Waals surface area contributed by atoms with Crippen LogP contribution in [0.25, 0.3) is 17.3 Å². The summed E-state index contributed by atoms with van der Waals surface area (Å²) in [4.78, 5) is 0. The first kappa shape index (κ1) is 17.7. The molecule has 132 valence electrons. The van der Waals surface area contributed by atoms with Gasteiger partial charge >= 0.3 is 0 Å². The van der Waals surface area contributed by atoms with E-state index in [1.54, 1.807) is 0 Å². The van der Waals surface area contributed by atoms with Crippen LogP contribution < -0.4 is 10.5 Å². The summed E-state index contributed by atoms with van der Waals surface area (Å²) in [5.41, 5.74) is 9.57. The molecule has 2 N–H and O–H groups in total. The predicted octanol–water partition coefficient (Wildman–Crippen LogP) is 3.81. The Morgan fingerprint density at radius 2 is 2.04 bits per heavy atom. The Bertz CT molecular complexity index is 885. The van der Waals surface area contributed by atoms with Crippen LogP contribution in [0.3, 0.4) is 0 Å². The molecule has 0 amide bonds. The van der Waals surface area contributed by atoms with E-state index < -0.39 is 0 Å². The van der Waals surface area contributed by atoms with Gasteiger partial charge in [0.15, 0.2) is 0 Å². The average Bonchev–Trinajstić information content (AvgIpc) is 3.17. The average molecular weight is 405 g/mol. The fraction of sp³-hybridized carbons (Fsp3) is 0.333. The summed E-state index contributed by atoms with van der Waals surface area (Å²) in [6, 6.07) is 8.05. The zero-order valence-corrected chi connectivity index (χ0v) is 16.1. The third kappa shape index (κ3) is 3.48. The molecule has 0 aliphatic heterocycles. The van der Waals surface area contributed by atoms with E-state index >= 15 is 0 Å². The quantitative estimate of drug-likeness (QED) is 0.675. The molecule has 25 heavy (non-hydrogen) atoms. The van der Waals surface area contributed by atoms with Crippen molar-refractivity contribution in [2.45, 2.75) is 27.2 Å². The van der Waals surface area contributed by atoms with E-state index in [2.05, 4.69) is 43.7 Å². The molecule has 0 fully saturated rings. The maximum Gasteiger partial charge on any atom is 0.264 e. The predicted molar refractivity (Wildman–Crippen MR) is 100 cm³/mol. The monoisotopic (exact) mass is 404 g/mol. The van der Waals surface area contributed by atoms with Gasteiger partial charge in [-0.2, -0.15) is 0 Å². The number of halogens is 1. The van der Waals surface area contributed by atoms with Gasteiger partial charge in [0.25, 0.3) is 5.89 Å². The maximum atomic E-state index is 5.79. The molecule has 7 heteroatoms. The number of hydrogen-bond donors (Lipinski definition) is 1. The summed E-state index contributed by atoms with van der Waals surface area (Å²) in [6.07, 6.45) is 0.713. The van der Waals surface area contributed by atoms with Crippen LogP contribution in [0, 0.1) is 13.8 Å². The van der Waals surface area contributed by atoms with E-state index in [0.717, 1.165) is 32.9 Å². The van der Waals surface area contributed by atoms with Crippen molar-refractivity contribution >= 4 is 15.9 Å². The smallest absolute Gasteiger partial charge is 0.264 e. The zero-order valence-electron chi connectivity index (χ0n) is 14.5. The number of aryl methyl sites for hydroxylation is 3. The first-order chi connectivity index (χ1) is 12.0. The fourth-order valence-corrected chi connectivity index (χ4v) is 3.28. The van der Waals surface area contributed by atoms with Gasteiger partial charge in [0.2, 0.25) is 5.89 Å². The molecule has 0 spiro atoms. The van der Waals surface area contributed by atoms with Gasteiger partial charge in [0.05, 0.1) is 4.47 Å². The molecule has 3 aromatic rings. The molecule has 2 aromatic heterocycles. The van der Waals surface area contributed by atoms with Crippen molar-refractivity contribution in [3.63, 3.8) is 0 Å². The number of benzene rings is 1. The minimum Gasteiger partial charge on any atom is -0.491 e. The minimum atomic E-state index is 0.477. The largest absolute Gasteiger partial charge is 0.491 e. The van der Waals surface area contributed by atoms with E-state index in [1.165, 1.54) is 0 Å². The Morgan fingerprint density at radius 1 is 1.24 bits per heavy atom. The molecule has 3 rings (SSSR count). The SMILES string of the molecule is CCc1nnc(-c2c(C)cc(C)n2-c2ccc(OCCN)c(Br)c2)o1. The third-order valence-corrected chi connectivity index (χ3v) is 4.52. The van der Waals surface area contributed by atoms with E-state index in [4.69, 9.17) is 14.9 Å². The number of nitrogens with two attached hydrogens (primary N) is 1. The summed E-state index contributed by atoms with van der Waals surface area (Å²) in [5.74, 6) is 1.93. The minimum absolute atomic E-state index is 0.477. The van der Waals surface area contributed by atoms with Gasteiger partial charge in [-0.15, -0.1) is 10.2 Å². The lowest BCUT2D eigenvalue weighted by Crippen LogP contribution is -2.11. The summed E-state index contributed by atoms with van der Waals surface area (Å²) in [6.45, 7) is 7.05. The van der Waals surface area contributed by atoms with Crippen molar-refractivity contribution in [3.8, 4) is 23.0 Å².